The average molecular weight is 269 g/mol. The Kier molecular flexibility index (Phi) is 7.80. The molecule has 2 aliphatic rings. The summed E-state index contributed by atoms with van der Waals surface area (Å²) in [5.41, 5.74) is 0. The number of rotatable bonds is 4. The van der Waals surface area contributed by atoms with Gasteiger partial charge in [-0.25, -0.2) is 0 Å². The third-order valence-corrected chi connectivity index (χ3v) is 5.60. The summed E-state index contributed by atoms with van der Waals surface area (Å²) in [5, 5.41) is 0. The minimum atomic E-state index is 0. The lowest BCUT2D eigenvalue weighted by molar-refractivity contribution is 0.148. The highest BCUT2D eigenvalue weighted by Crippen LogP contribution is 2.42. The molecule has 0 saturated heterocycles. The smallest absolute Gasteiger partial charge is 0 e. The Morgan fingerprint density at radius 1 is 0.895 bits per heavy atom. The Morgan fingerprint density at radius 2 is 1.42 bits per heavy atom. The van der Waals surface area contributed by atoms with Crippen LogP contribution in [0.3, 0.4) is 0 Å². The maximum absolute atomic E-state index is 2.44. The molecule has 0 nitrogen and oxygen atoms in total. The van der Waals surface area contributed by atoms with Crippen LogP contribution < -0.4 is 0 Å². The highest BCUT2D eigenvalue weighted by Gasteiger charge is 2.29. The van der Waals surface area contributed by atoms with E-state index in [1.54, 1.807) is 12.8 Å². The summed E-state index contributed by atoms with van der Waals surface area (Å²) in [6.07, 6.45) is 19.5. The van der Waals surface area contributed by atoms with Gasteiger partial charge in [-0.05, 0) is 69.1 Å². The van der Waals surface area contributed by atoms with Crippen molar-refractivity contribution < 1.29 is 2.85 Å². The van der Waals surface area contributed by atoms with Gasteiger partial charge in [-0.2, -0.15) is 0 Å². The molecule has 0 heteroatoms. The van der Waals surface area contributed by atoms with Crippen LogP contribution in [0.25, 0.3) is 0 Å². The minimum Gasteiger partial charge on any atom is -0.0917 e. The number of hydrogen-bond acceptors (Lipinski definition) is 0. The van der Waals surface area contributed by atoms with Crippen molar-refractivity contribution in [3.63, 3.8) is 0 Å². The van der Waals surface area contributed by atoms with E-state index in [9.17, 15) is 0 Å². The summed E-state index contributed by atoms with van der Waals surface area (Å²) >= 11 is 0. The topological polar surface area (TPSA) is 0 Å². The van der Waals surface area contributed by atoms with Gasteiger partial charge in [-0.15, -0.1) is 0 Å². The average Bonchev–Trinajstić information content (AvgIpc) is 2.41. The van der Waals surface area contributed by atoms with E-state index in [4.69, 9.17) is 0 Å². The molecule has 116 valence electrons. The molecule has 2 fully saturated rings. The maximum atomic E-state index is 2.44. The first kappa shape index (κ1) is 16.8. The SMILES string of the molecule is C.C/C=C/CCC1CCC(C2CCC(C)CC2)CC1.[HH].[HH]. The van der Waals surface area contributed by atoms with E-state index in [0.29, 0.717) is 0 Å². The Morgan fingerprint density at radius 3 is 1.95 bits per heavy atom. The van der Waals surface area contributed by atoms with Gasteiger partial charge >= 0.3 is 0 Å². The van der Waals surface area contributed by atoms with Crippen LogP contribution in [0, 0.1) is 23.7 Å². The molecule has 2 rings (SSSR count). The van der Waals surface area contributed by atoms with Crippen LogP contribution in [0.2, 0.25) is 0 Å². The zero-order valence-electron chi connectivity index (χ0n) is 12.5. The van der Waals surface area contributed by atoms with Crippen molar-refractivity contribution in [3.05, 3.63) is 12.2 Å². The third kappa shape index (κ3) is 5.32. The molecule has 0 radical (unpaired) electrons. The summed E-state index contributed by atoms with van der Waals surface area (Å²) in [6, 6.07) is 0. The lowest BCUT2D eigenvalue weighted by Gasteiger charge is -2.37. The van der Waals surface area contributed by atoms with Gasteiger partial charge in [-0.1, -0.05) is 52.2 Å². The van der Waals surface area contributed by atoms with Crippen LogP contribution in [0.4, 0.5) is 0 Å². The summed E-state index contributed by atoms with van der Waals surface area (Å²) in [7, 11) is 0. The van der Waals surface area contributed by atoms with Crippen molar-refractivity contribution in [2.24, 2.45) is 23.7 Å². The molecule has 0 aliphatic heterocycles. The molecule has 2 aliphatic carbocycles. The molecule has 0 atom stereocenters. The molecule has 0 unspecified atom stereocenters. The van der Waals surface area contributed by atoms with Gasteiger partial charge < -0.3 is 0 Å². The van der Waals surface area contributed by atoms with Gasteiger partial charge in [0.2, 0.25) is 0 Å². The fraction of sp³-hybridized carbons (Fsp3) is 0.895. The molecule has 0 heterocycles. The lowest BCUT2D eigenvalue weighted by Crippen LogP contribution is -2.25. The van der Waals surface area contributed by atoms with E-state index in [2.05, 4.69) is 26.0 Å². The van der Waals surface area contributed by atoms with Crippen LogP contribution in [0.1, 0.15) is 88.3 Å². The number of hydrogen-bond donors (Lipinski definition) is 0. The summed E-state index contributed by atoms with van der Waals surface area (Å²) < 4.78 is 0. The predicted molar refractivity (Wildman–Crippen MR) is 91.6 cm³/mol. The first-order valence-electron chi connectivity index (χ1n) is 8.40. The summed E-state index contributed by atoms with van der Waals surface area (Å²) in [5.74, 6) is 4.24. The summed E-state index contributed by atoms with van der Waals surface area (Å²) in [4.78, 5) is 0. The molecule has 0 spiro atoms. The standard InChI is InChI=1S/C18H32.CH4.2H2/c1-3-4-5-6-16-9-13-18(14-10-16)17-11-7-15(2)8-12-17;;;/h3-4,15-18H,5-14H2,1-2H3;1H4;2*1H/b4-3+;;;. The van der Waals surface area contributed by atoms with Crippen LogP contribution in [0.15, 0.2) is 12.2 Å². The van der Waals surface area contributed by atoms with Gasteiger partial charge in [0.05, 0.1) is 0 Å². The van der Waals surface area contributed by atoms with E-state index in [1.165, 1.54) is 51.4 Å². The molecule has 19 heavy (non-hydrogen) atoms. The molecule has 0 aromatic rings. The molecular weight excluding hydrogens is 228 g/mol. The fourth-order valence-corrected chi connectivity index (χ4v) is 4.20. The normalized spacial score (nSPS) is 36.1. The van der Waals surface area contributed by atoms with Gasteiger partial charge in [0.25, 0.3) is 0 Å². The second-order valence-electron chi connectivity index (χ2n) is 6.95. The van der Waals surface area contributed by atoms with Gasteiger partial charge in [0, 0.05) is 2.85 Å². The van der Waals surface area contributed by atoms with Gasteiger partial charge in [0.15, 0.2) is 0 Å². The molecule has 0 amide bonds. The minimum absolute atomic E-state index is 0. The Balaban J connectivity index is 0. The van der Waals surface area contributed by atoms with Gasteiger partial charge in [0.1, 0.15) is 0 Å². The first-order valence-corrected chi connectivity index (χ1v) is 8.40. The zero-order valence-corrected chi connectivity index (χ0v) is 12.5. The van der Waals surface area contributed by atoms with Crippen molar-refractivity contribution in [2.75, 3.05) is 0 Å². The molecule has 0 bridgehead atoms. The molecular formula is C19H40. The van der Waals surface area contributed by atoms with E-state index >= 15 is 0 Å². The lowest BCUT2D eigenvalue weighted by atomic mass is 9.69. The Hall–Kier alpha value is -0.260. The fourth-order valence-electron chi connectivity index (χ4n) is 4.20. The quantitative estimate of drug-likeness (QED) is 0.477. The molecule has 0 aromatic carbocycles. The van der Waals surface area contributed by atoms with E-state index in [1.807, 2.05) is 0 Å². The molecule has 0 aromatic heterocycles. The molecule has 2 saturated carbocycles. The maximum Gasteiger partial charge on any atom is 0 e. The van der Waals surface area contributed by atoms with E-state index < -0.39 is 0 Å². The zero-order chi connectivity index (χ0) is 12.8. The largest absolute Gasteiger partial charge is 0.0917 e. The second kappa shape index (κ2) is 8.82. The highest BCUT2D eigenvalue weighted by atomic mass is 14.3. The van der Waals surface area contributed by atoms with Crippen LogP contribution in [0.5, 0.6) is 0 Å². The van der Waals surface area contributed by atoms with Crippen LogP contribution >= 0.6 is 0 Å². The van der Waals surface area contributed by atoms with Crippen molar-refractivity contribution in [1.29, 1.82) is 0 Å². The first-order chi connectivity index (χ1) is 8.79. The van der Waals surface area contributed by atoms with Crippen LogP contribution in [-0.4, -0.2) is 0 Å². The van der Waals surface area contributed by atoms with Crippen molar-refractivity contribution >= 4 is 0 Å². The highest BCUT2D eigenvalue weighted by molar-refractivity contribution is 4.83. The van der Waals surface area contributed by atoms with Crippen molar-refractivity contribution in [2.45, 2.75) is 85.5 Å². The Labute approximate surface area is 125 Å². The van der Waals surface area contributed by atoms with Crippen molar-refractivity contribution in [3.8, 4) is 0 Å². The predicted octanol–water partition coefficient (Wildman–Crippen LogP) is 7.10. The summed E-state index contributed by atoms with van der Waals surface area (Å²) in [6.45, 7) is 4.58. The van der Waals surface area contributed by atoms with Gasteiger partial charge in [-0.3, -0.25) is 0 Å². The third-order valence-electron chi connectivity index (χ3n) is 5.60. The van der Waals surface area contributed by atoms with E-state index in [-0.39, 0.29) is 10.3 Å². The molecule has 0 N–H and O–H groups in total. The second-order valence-corrected chi connectivity index (χ2v) is 6.95. The Bertz CT molecular complexity index is 246. The van der Waals surface area contributed by atoms with Crippen LogP contribution in [-0.2, 0) is 0 Å². The number of allylic oxidation sites excluding steroid dienone is 2. The van der Waals surface area contributed by atoms with Crippen molar-refractivity contribution in [1.82, 2.24) is 0 Å². The van der Waals surface area contributed by atoms with E-state index in [0.717, 1.165) is 23.7 Å². The monoisotopic (exact) mass is 268 g/mol.